The third-order valence-electron chi connectivity index (χ3n) is 5.97. The third kappa shape index (κ3) is 3.22. The molecule has 146 valence electrons. The lowest BCUT2D eigenvalue weighted by molar-refractivity contribution is -0.128. The van der Waals surface area contributed by atoms with Crippen molar-refractivity contribution in [2.45, 2.75) is 19.3 Å². The topological polar surface area (TPSA) is 74.3 Å². The average molecular weight is 399 g/mol. The molecule has 1 aromatic heterocycles. The molecule has 1 spiro atoms. The molecule has 2 fully saturated rings. The number of aromatic nitrogens is 1. The summed E-state index contributed by atoms with van der Waals surface area (Å²) in [4.78, 5) is 30.6. The Morgan fingerprint density at radius 2 is 1.89 bits per heavy atom. The second-order valence-corrected chi connectivity index (χ2v) is 7.85. The van der Waals surface area contributed by atoms with Gasteiger partial charge < -0.3 is 15.5 Å². The molecule has 2 aromatic rings. The van der Waals surface area contributed by atoms with Gasteiger partial charge in [-0.05, 0) is 37.0 Å². The number of rotatable bonds is 3. The maximum absolute atomic E-state index is 12.3. The van der Waals surface area contributed by atoms with Crippen molar-refractivity contribution < 1.29 is 9.59 Å². The van der Waals surface area contributed by atoms with Crippen LogP contribution in [-0.4, -0.2) is 43.5 Å². The number of hydrogen-bond donors (Lipinski definition) is 2. The number of carbonyl (C=O) groups excluding carboxylic acids is 2. The van der Waals surface area contributed by atoms with Gasteiger partial charge in [-0.1, -0.05) is 23.7 Å². The van der Waals surface area contributed by atoms with E-state index in [1.807, 2.05) is 18.3 Å². The Bertz CT molecular complexity index is 905. The van der Waals surface area contributed by atoms with Gasteiger partial charge in [-0.2, -0.15) is 0 Å². The molecule has 0 unspecified atom stereocenters. The summed E-state index contributed by atoms with van der Waals surface area (Å²) in [5.74, 6) is 0.0742. The van der Waals surface area contributed by atoms with Crippen molar-refractivity contribution in [1.29, 1.82) is 0 Å². The van der Waals surface area contributed by atoms with Crippen LogP contribution in [0.5, 0.6) is 0 Å². The zero-order chi connectivity index (χ0) is 19.7. The third-order valence-corrected chi connectivity index (χ3v) is 6.24. The molecule has 28 heavy (non-hydrogen) atoms. The zero-order valence-electron chi connectivity index (χ0n) is 15.8. The van der Waals surface area contributed by atoms with Crippen LogP contribution in [0.1, 0.15) is 29.6 Å². The van der Waals surface area contributed by atoms with Crippen molar-refractivity contribution in [1.82, 2.24) is 15.6 Å². The number of carbonyl (C=O) groups is 2. The fraction of sp³-hybridized carbons (Fsp3) is 0.381. The highest BCUT2D eigenvalue weighted by atomic mass is 35.5. The first kappa shape index (κ1) is 18.7. The van der Waals surface area contributed by atoms with Crippen LogP contribution in [0.3, 0.4) is 0 Å². The van der Waals surface area contributed by atoms with E-state index in [9.17, 15) is 9.59 Å². The van der Waals surface area contributed by atoms with Crippen LogP contribution in [0.15, 0.2) is 36.7 Å². The SMILES string of the molecule is CNC(=O)c1ccc(-c2cncc(Cl)c2N2CCC3(CCNC3=O)CC2)cc1. The van der Waals surface area contributed by atoms with Gasteiger partial charge in [0.1, 0.15) is 0 Å². The van der Waals surface area contributed by atoms with Crippen LogP contribution in [0.4, 0.5) is 5.69 Å². The molecule has 0 atom stereocenters. The molecule has 0 radical (unpaired) electrons. The largest absolute Gasteiger partial charge is 0.370 e. The summed E-state index contributed by atoms with van der Waals surface area (Å²) in [6.07, 6.45) is 6.03. The Morgan fingerprint density at radius 3 is 2.50 bits per heavy atom. The first-order valence-electron chi connectivity index (χ1n) is 9.53. The number of nitrogens with one attached hydrogen (secondary N) is 2. The van der Waals surface area contributed by atoms with Gasteiger partial charge in [0.25, 0.3) is 5.91 Å². The van der Waals surface area contributed by atoms with Crippen molar-refractivity contribution in [2.75, 3.05) is 31.6 Å². The van der Waals surface area contributed by atoms with Crippen LogP contribution in [0, 0.1) is 5.41 Å². The molecule has 2 aliphatic rings. The molecule has 2 aliphatic heterocycles. The molecular formula is C21H23ClN4O2. The van der Waals surface area contributed by atoms with Crippen LogP contribution >= 0.6 is 11.6 Å². The first-order chi connectivity index (χ1) is 13.5. The number of anilines is 1. The van der Waals surface area contributed by atoms with Gasteiger partial charge in [-0.15, -0.1) is 0 Å². The van der Waals surface area contributed by atoms with Crippen LogP contribution in [0.25, 0.3) is 11.1 Å². The molecule has 0 saturated carbocycles. The molecule has 2 saturated heterocycles. The van der Waals surface area contributed by atoms with Crippen molar-refractivity contribution in [3.05, 3.63) is 47.2 Å². The highest BCUT2D eigenvalue weighted by Crippen LogP contribution is 2.43. The molecule has 3 heterocycles. The van der Waals surface area contributed by atoms with E-state index in [0.29, 0.717) is 10.6 Å². The fourth-order valence-corrected chi connectivity index (χ4v) is 4.54. The van der Waals surface area contributed by atoms with Crippen LogP contribution < -0.4 is 15.5 Å². The minimum Gasteiger partial charge on any atom is -0.370 e. The predicted octanol–water partition coefficient (Wildman–Crippen LogP) is 2.87. The molecule has 4 rings (SSSR count). The molecule has 1 aromatic carbocycles. The number of amides is 2. The van der Waals surface area contributed by atoms with E-state index >= 15 is 0 Å². The minimum atomic E-state index is -0.217. The number of halogens is 1. The van der Waals surface area contributed by atoms with Gasteiger partial charge in [-0.3, -0.25) is 14.6 Å². The van der Waals surface area contributed by atoms with Gasteiger partial charge in [0.15, 0.2) is 0 Å². The van der Waals surface area contributed by atoms with Gasteiger partial charge in [0.2, 0.25) is 5.91 Å². The zero-order valence-corrected chi connectivity index (χ0v) is 16.6. The first-order valence-corrected chi connectivity index (χ1v) is 9.91. The van der Waals surface area contributed by atoms with Gasteiger partial charge in [-0.25, -0.2) is 0 Å². The lowest BCUT2D eigenvalue weighted by Crippen LogP contribution is -2.44. The lowest BCUT2D eigenvalue weighted by Gasteiger charge is -2.39. The Labute approximate surface area is 169 Å². The van der Waals surface area contributed by atoms with Crippen LogP contribution in [-0.2, 0) is 4.79 Å². The Morgan fingerprint density at radius 1 is 1.18 bits per heavy atom. The fourth-order valence-electron chi connectivity index (χ4n) is 4.26. The second kappa shape index (κ2) is 7.43. The molecule has 6 nitrogen and oxygen atoms in total. The predicted molar refractivity (Wildman–Crippen MR) is 110 cm³/mol. The van der Waals surface area contributed by atoms with E-state index in [1.54, 1.807) is 25.4 Å². The van der Waals surface area contributed by atoms with Gasteiger partial charge in [0.05, 0.1) is 16.1 Å². The Balaban J connectivity index is 1.62. The number of benzene rings is 1. The van der Waals surface area contributed by atoms with Crippen molar-refractivity contribution in [3.8, 4) is 11.1 Å². The monoisotopic (exact) mass is 398 g/mol. The number of pyridine rings is 1. The molecular weight excluding hydrogens is 376 g/mol. The highest BCUT2D eigenvalue weighted by Gasteiger charge is 2.44. The summed E-state index contributed by atoms with van der Waals surface area (Å²) in [6.45, 7) is 2.33. The van der Waals surface area contributed by atoms with E-state index in [1.165, 1.54) is 0 Å². The molecule has 0 bridgehead atoms. The summed E-state index contributed by atoms with van der Waals surface area (Å²) in [5, 5.41) is 6.20. The average Bonchev–Trinajstić information content (AvgIpc) is 3.08. The maximum atomic E-state index is 12.3. The number of piperidine rings is 1. The van der Waals surface area contributed by atoms with Crippen LogP contribution in [0.2, 0.25) is 5.02 Å². The standard InChI is InChI=1S/C21H23ClN4O2/c1-23-19(27)15-4-2-14(3-5-15)16-12-24-13-17(22)18(16)26-10-7-21(8-11-26)6-9-25-20(21)28/h2-5,12-13H,6-11H2,1H3,(H,23,27)(H,25,28). The van der Waals surface area contributed by atoms with Gasteiger partial charge >= 0.3 is 0 Å². The lowest BCUT2D eigenvalue weighted by atomic mass is 9.77. The number of hydrogen-bond acceptors (Lipinski definition) is 4. The second-order valence-electron chi connectivity index (χ2n) is 7.45. The minimum absolute atomic E-state index is 0.118. The molecule has 2 amide bonds. The number of nitrogens with zero attached hydrogens (tertiary/aromatic N) is 2. The quantitative estimate of drug-likeness (QED) is 0.833. The van der Waals surface area contributed by atoms with Crippen molar-refractivity contribution >= 4 is 29.1 Å². The smallest absolute Gasteiger partial charge is 0.251 e. The van der Waals surface area contributed by atoms with E-state index in [2.05, 4.69) is 20.5 Å². The van der Waals surface area contributed by atoms with E-state index < -0.39 is 0 Å². The van der Waals surface area contributed by atoms with Crippen molar-refractivity contribution in [2.24, 2.45) is 5.41 Å². The molecule has 2 N–H and O–H groups in total. The normalized spacial score (nSPS) is 18.2. The van der Waals surface area contributed by atoms with E-state index in [4.69, 9.17) is 11.6 Å². The maximum Gasteiger partial charge on any atom is 0.251 e. The molecule has 0 aliphatic carbocycles. The Kier molecular flexibility index (Phi) is 4.98. The summed E-state index contributed by atoms with van der Waals surface area (Å²) >= 11 is 6.55. The van der Waals surface area contributed by atoms with E-state index in [0.717, 1.165) is 55.7 Å². The highest BCUT2D eigenvalue weighted by molar-refractivity contribution is 6.33. The molecule has 7 heteroatoms. The summed E-state index contributed by atoms with van der Waals surface area (Å²) in [7, 11) is 1.61. The van der Waals surface area contributed by atoms with Gasteiger partial charge in [0, 0.05) is 50.2 Å². The summed E-state index contributed by atoms with van der Waals surface area (Å²) in [5.41, 5.74) is 3.22. The van der Waals surface area contributed by atoms with Crippen molar-refractivity contribution in [3.63, 3.8) is 0 Å². The van der Waals surface area contributed by atoms with E-state index in [-0.39, 0.29) is 17.2 Å². The Hall–Kier alpha value is -2.60. The summed E-state index contributed by atoms with van der Waals surface area (Å²) in [6, 6.07) is 7.42. The summed E-state index contributed by atoms with van der Waals surface area (Å²) < 4.78 is 0.